The van der Waals surface area contributed by atoms with Gasteiger partial charge in [0, 0.05) is 23.7 Å². The van der Waals surface area contributed by atoms with Gasteiger partial charge in [0.2, 0.25) is 0 Å². The number of benzene rings is 1. The third kappa shape index (κ3) is 4.55. The highest BCUT2D eigenvalue weighted by molar-refractivity contribution is 14.1. The second-order valence-corrected chi connectivity index (χ2v) is 6.88. The molecule has 0 saturated heterocycles. The molecule has 0 atom stereocenters. The third-order valence-corrected chi connectivity index (χ3v) is 4.59. The maximum Gasteiger partial charge on any atom is 0.276 e. The van der Waals surface area contributed by atoms with Crippen molar-refractivity contribution >= 4 is 56.9 Å². The van der Waals surface area contributed by atoms with Gasteiger partial charge in [0.1, 0.15) is 5.52 Å². The van der Waals surface area contributed by atoms with Crippen molar-refractivity contribution in [1.29, 1.82) is 0 Å². The molecule has 0 aliphatic carbocycles. The fourth-order valence-corrected chi connectivity index (χ4v) is 3.39. The molecule has 2 heterocycles. The summed E-state index contributed by atoms with van der Waals surface area (Å²) in [5.41, 5.74) is 5.26. The summed E-state index contributed by atoms with van der Waals surface area (Å²) >= 11 is 8.25. The lowest BCUT2D eigenvalue weighted by molar-refractivity contribution is -0.605. The first-order valence-corrected chi connectivity index (χ1v) is 9.05. The molecule has 0 saturated carbocycles. The van der Waals surface area contributed by atoms with Crippen LogP contribution in [0.15, 0.2) is 48.9 Å². The number of ether oxygens (including phenoxy) is 1. The minimum absolute atomic E-state index is 0.228. The van der Waals surface area contributed by atoms with Gasteiger partial charge in [0.25, 0.3) is 11.8 Å². The molecule has 0 aliphatic rings. The monoisotopic (exact) mass is 498 g/mol. The van der Waals surface area contributed by atoms with E-state index in [0.29, 0.717) is 30.0 Å². The van der Waals surface area contributed by atoms with Crippen molar-refractivity contribution in [3.05, 3.63) is 68.3 Å². The topological polar surface area (TPSA) is 107 Å². The Morgan fingerprint density at radius 1 is 1.26 bits per heavy atom. The number of pyridine rings is 2. The van der Waals surface area contributed by atoms with Gasteiger partial charge in [-0.25, -0.2) is 0 Å². The summed E-state index contributed by atoms with van der Waals surface area (Å²) in [4.78, 5) is 28.1. The number of hydrazine groups is 1. The average Bonchev–Trinajstić information content (AvgIpc) is 2.66. The molecule has 2 amide bonds. The van der Waals surface area contributed by atoms with Crippen LogP contribution in [-0.4, -0.2) is 23.4 Å². The largest absolute Gasteiger partial charge is 0.619 e. The molecular formula is C17H12ClIN4O4. The van der Waals surface area contributed by atoms with Gasteiger partial charge in [0.15, 0.2) is 24.8 Å². The highest BCUT2D eigenvalue weighted by Gasteiger charge is 2.14. The van der Waals surface area contributed by atoms with E-state index in [1.54, 1.807) is 24.4 Å². The van der Waals surface area contributed by atoms with Gasteiger partial charge < -0.3 is 9.94 Å². The third-order valence-electron chi connectivity index (χ3n) is 3.48. The van der Waals surface area contributed by atoms with E-state index in [1.807, 2.05) is 22.6 Å². The lowest BCUT2D eigenvalue weighted by atomic mass is 10.2. The summed E-state index contributed by atoms with van der Waals surface area (Å²) in [6.07, 6.45) is 3.97. The molecule has 3 aromatic rings. The molecule has 0 unspecified atom stereocenters. The molecule has 2 N–H and O–H groups in total. The predicted octanol–water partition coefficient (Wildman–Crippen LogP) is 1.97. The fourth-order valence-electron chi connectivity index (χ4n) is 2.22. The molecule has 27 heavy (non-hydrogen) atoms. The molecule has 0 fully saturated rings. The van der Waals surface area contributed by atoms with E-state index in [0.717, 1.165) is 0 Å². The standard InChI is InChI=1S/C17H12ClIN4O4/c18-12-8-13(19)16(15-11(12)2-1-5-20-15)27-9-14(24)21-22-17(25)10-3-6-23(26)7-4-10/h1-8H,9H2,(H,21,24)(H,22,25). The Morgan fingerprint density at radius 2 is 2.00 bits per heavy atom. The lowest BCUT2D eigenvalue weighted by Gasteiger charge is -2.12. The number of halogens is 2. The number of carbonyl (C=O) groups excluding carboxylic acids is 2. The number of nitrogens with zero attached hydrogens (tertiary/aromatic N) is 2. The number of carbonyl (C=O) groups is 2. The average molecular weight is 499 g/mol. The predicted molar refractivity (Wildman–Crippen MR) is 106 cm³/mol. The molecule has 3 rings (SSSR count). The highest BCUT2D eigenvalue weighted by Crippen LogP contribution is 2.34. The Bertz CT molecular complexity index is 1010. The van der Waals surface area contributed by atoms with Gasteiger partial charge in [-0.15, -0.1) is 0 Å². The van der Waals surface area contributed by atoms with Gasteiger partial charge in [0.05, 0.1) is 14.2 Å². The molecular weight excluding hydrogens is 487 g/mol. The maximum atomic E-state index is 12.0. The molecule has 0 aliphatic heterocycles. The first-order valence-electron chi connectivity index (χ1n) is 7.59. The zero-order valence-electron chi connectivity index (χ0n) is 13.6. The number of hydrogen-bond donors (Lipinski definition) is 2. The van der Waals surface area contributed by atoms with Crippen LogP contribution in [-0.2, 0) is 4.79 Å². The van der Waals surface area contributed by atoms with Crippen LogP contribution in [0.4, 0.5) is 0 Å². The smallest absolute Gasteiger partial charge is 0.276 e. The van der Waals surface area contributed by atoms with Crippen LogP contribution in [0.3, 0.4) is 0 Å². The second kappa shape index (κ2) is 8.35. The van der Waals surface area contributed by atoms with Crippen molar-refractivity contribution in [2.75, 3.05) is 6.61 Å². The highest BCUT2D eigenvalue weighted by atomic mass is 127. The Kier molecular flexibility index (Phi) is 5.91. The number of aromatic nitrogens is 2. The number of hydrogen-bond acceptors (Lipinski definition) is 5. The SMILES string of the molecule is O=C(COc1c(I)cc(Cl)c2cccnc12)NNC(=O)c1cc[n+]([O-])cc1. The number of nitrogens with one attached hydrogen (secondary N) is 2. The minimum Gasteiger partial charge on any atom is -0.619 e. The Labute approximate surface area is 172 Å². The van der Waals surface area contributed by atoms with E-state index in [1.165, 1.54) is 24.5 Å². The summed E-state index contributed by atoms with van der Waals surface area (Å²) in [5, 5.41) is 12.2. The second-order valence-electron chi connectivity index (χ2n) is 5.31. The van der Waals surface area contributed by atoms with Crippen molar-refractivity contribution in [2.45, 2.75) is 0 Å². The van der Waals surface area contributed by atoms with Gasteiger partial charge in [-0.2, -0.15) is 4.73 Å². The van der Waals surface area contributed by atoms with E-state index in [9.17, 15) is 14.8 Å². The van der Waals surface area contributed by atoms with Gasteiger partial charge in [-0.3, -0.25) is 25.4 Å². The Morgan fingerprint density at radius 3 is 2.74 bits per heavy atom. The summed E-state index contributed by atoms with van der Waals surface area (Å²) in [6, 6.07) is 7.95. The van der Waals surface area contributed by atoms with Crippen LogP contribution >= 0.6 is 34.2 Å². The first-order chi connectivity index (χ1) is 13.0. The summed E-state index contributed by atoms with van der Waals surface area (Å²) in [5.74, 6) is -0.690. The summed E-state index contributed by atoms with van der Waals surface area (Å²) < 4.78 is 6.84. The molecule has 1 aromatic carbocycles. The van der Waals surface area contributed by atoms with E-state index in [4.69, 9.17) is 16.3 Å². The van der Waals surface area contributed by atoms with Crippen molar-refractivity contribution in [3.8, 4) is 5.75 Å². The molecule has 2 aromatic heterocycles. The van der Waals surface area contributed by atoms with Crippen molar-refractivity contribution in [1.82, 2.24) is 15.8 Å². The minimum atomic E-state index is -0.562. The molecule has 0 spiro atoms. The maximum absolute atomic E-state index is 12.0. The molecule has 10 heteroatoms. The quantitative estimate of drug-likeness (QED) is 0.248. The lowest BCUT2D eigenvalue weighted by Crippen LogP contribution is -2.44. The van der Waals surface area contributed by atoms with Crippen LogP contribution in [0.25, 0.3) is 10.9 Å². The Balaban J connectivity index is 1.62. The van der Waals surface area contributed by atoms with Crippen LogP contribution in [0.2, 0.25) is 5.02 Å². The van der Waals surface area contributed by atoms with Crippen LogP contribution in [0.1, 0.15) is 10.4 Å². The van der Waals surface area contributed by atoms with E-state index >= 15 is 0 Å². The molecule has 8 nitrogen and oxygen atoms in total. The summed E-state index contributed by atoms with van der Waals surface area (Å²) in [6.45, 7) is -0.334. The van der Waals surface area contributed by atoms with Gasteiger partial charge >= 0.3 is 0 Å². The number of fused-ring (bicyclic) bond motifs is 1. The normalized spacial score (nSPS) is 10.4. The van der Waals surface area contributed by atoms with Crippen molar-refractivity contribution < 1.29 is 19.1 Å². The molecule has 138 valence electrons. The number of amides is 2. The molecule has 0 bridgehead atoms. The van der Waals surface area contributed by atoms with E-state index < -0.39 is 11.8 Å². The first kappa shape index (κ1) is 19.1. The van der Waals surface area contributed by atoms with Crippen molar-refractivity contribution in [2.24, 2.45) is 0 Å². The zero-order valence-corrected chi connectivity index (χ0v) is 16.5. The number of rotatable bonds is 4. The van der Waals surface area contributed by atoms with Crippen LogP contribution < -0.4 is 20.3 Å². The Hall–Kier alpha value is -2.66. The van der Waals surface area contributed by atoms with Gasteiger partial charge in [-0.1, -0.05) is 11.6 Å². The van der Waals surface area contributed by atoms with Crippen LogP contribution in [0.5, 0.6) is 5.75 Å². The fraction of sp³-hybridized carbons (Fsp3) is 0.0588. The van der Waals surface area contributed by atoms with Crippen molar-refractivity contribution in [3.63, 3.8) is 0 Å². The van der Waals surface area contributed by atoms with E-state index in [2.05, 4.69) is 15.8 Å². The van der Waals surface area contributed by atoms with E-state index in [-0.39, 0.29) is 12.2 Å². The van der Waals surface area contributed by atoms with Gasteiger partial charge in [-0.05, 0) is 40.8 Å². The van der Waals surface area contributed by atoms with Crippen LogP contribution in [0, 0.1) is 8.78 Å². The molecule has 0 radical (unpaired) electrons. The zero-order chi connectivity index (χ0) is 19.4. The summed E-state index contributed by atoms with van der Waals surface area (Å²) in [7, 11) is 0.